The zero-order valence-electron chi connectivity index (χ0n) is 13.5. The number of ether oxygens (including phenoxy) is 2. The summed E-state index contributed by atoms with van der Waals surface area (Å²) in [6.07, 6.45) is 0.394. The number of fused-ring (bicyclic) bond motifs is 1. The van der Waals surface area contributed by atoms with Crippen LogP contribution < -0.4 is 5.73 Å². The van der Waals surface area contributed by atoms with Gasteiger partial charge in [-0.05, 0) is 27.7 Å². The Kier molecular flexibility index (Phi) is 4.55. The SMILES string of the molecule is CCOC(=O)C1=NN2CC(C)=C(C)CC2(C(=O)OCC)C1N. The molecule has 0 aromatic carbocycles. The number of rotatable bonds is 4. The van der Waals surface area contributed by atoms with Crippen molar-refractivity contribution in [2.24, 2.45) is 10.8 Å². The highest BCUT2D eigenvalue weighted by Crippen LogP contribution is 2.39. The normalized spacial score (nSPS) is 27.4. The first kappa shape index (κ1) is 16.5. The Balaban J connectivity index is 2.42. The molecule has 0 fully saturated rings. The monoisotopic (exact) mass is 309 g/mol. The highest BCUT2D eigenvalue weighted by Gasteiger charge is 2.59. The maximum atomic E-state index is 12.6. The molecule has 122 valence electrons. The number of hydrogen-bond acceptors (Lipinski definition) is 7. The van der Waals surface area contributed by atoms with Gasteiger partial charge in [-0.15, -0.1) is 0 Å². The summed E-state index contributed by atoms with van der Waals surface area (Å²) in [5.74, 6) is -1.03. The summed E-state index contributed by atoms with van der Waals surface area (Å²) in [4.78, 5) is 24.7. The van der Waals surface area contributed by atoms with E-state index in [9.17, 15) is 9.59 Å². The molecule has 2 atom stereocenters. The summed E-state index contributed by atoms with van der Waals surface area (Å²) < 4.78 is 10.2. The zero-order valence-corrected chi connectivity index (χ0v) is 13.5. The Morgan fingerprint density at radius 3 is 2.50 bits per heavy atom. The quantitative estimate of drug-likeness (QED) is 0.603. The average Bonchev–Trinajstić information content (AvgIpc) is 2.74. The van der Waals surface area contributed by atoms with E-state index in [2.05, 4.69) is 5.10 Å². The van der Waals surface area contributed by atoms with Crippen molar-refractivity contribution in [3.8, 4) is 0 Å². The largest absolute Gasteiger partial charge is 0.464 e. The van der Waals surface area contributed by atoms with Gasteiger partial charge in [-0.2, -0.15) is 5.10 Å². The van der Waals surface area contributed by atoms with Crippen molar-refractivity contribution in [1.82, 2.24) is 5.01 Å². The number of carbonyl (C=O) groups is 2. The number of nitrogens with two attached hydrogens (primary N) is 1. The third-order valence-electron chi connectivity index (χ3n) is 4.26. The summed E-state index contributed by atoms with van der Waals surface area (Å²) in [5.41, 5.74) is 7.35. The third kappa shape index (κ3) is 2.39. The van der Waals surface area contributed by atoms with Crippen LogP contribution in [0.25, 0.3) is 0 Å². The summed E-state index contributed by atoms with van der Waals surface area (Å²) in [6, 6.07) is -0.867. The lowest BCUT2D eigenvalue weighted by Gasteiger charge is -2.42. The maximum absolute atomic E-state index is 12.6. The van der Waals surface area contributed by atoms with Crippen molar-refractivity contribution in [2.75, 3.05) is 19.8 Å². The molecule has 0 spiro atoms. The van der Waals surface area contributed by atoms with E-state index in [4.69, 9.17) is 15.2 Å². The molecule has 7 nitrogen and oxygen atoms in total. The number of carbonyl (C=O) groups excluding carboxylic acids is 2. The van der Waals surface area contributed by atoms with Crippen LogP contribution >= 0.6 is 0 Å². The van der Waals surface area contributed by atoms with Gasteiger partial charge in [0.25, 0.3) is 0 Å². The van der Waals surface area contributed by atoms with Crippen molar-refractivity contribution >= 4 is 17.7 Å². The first-order valence-electron chi connectivity index (χ1n) is 7.49. The Bertz CT molecular complexity index is 555. The second kappa shape index (κ2) is 6.08. The van der Waals surface area contributed by atoms with E-state index in [1.165, 1.54) is 0 Å². The van der Waals surface area contributed by atoms with Crippen LogP contribution in [0.3, 0.4) is 0 Å². The molecule has 0 aliphatic carbocycles. The molecule has 2 aliphatic rings. The molecule has 0 bridgehead atoms. The third-order valence-corrected chi connectivity index (χ3v) is 4.26. The van der Waals surface area contributed by atoms with Gasteiger partial charge in [-0.25, -0.2) is 9.59 Å². The Hall–Kier alpha value is -1.89. The topological polar surface area (TPSA) is 94.2 Å². The molecular formula is C15H23N3O4. The molecule has 2 N–H and O–H groups in total. The van der Waals surface area contributed by atoms with E-state index < -0.39 is 23.5 Å². The van der Waals surface area contributed by atoms with Gasteiger partial charge in [0, 0.05) is 6.42 Å². The summed E-state index contributed by atoms with van der Waals surface area (Å²) in [6.45, 7) is 8.31. The van der Waals surface area contributed by atoms with Crippen molar-refractivity contribution < 1.29 is 19.1 Å². The van der Waals surface area contributed by atoms with E-state index in [0.29, 0.717) is 13.0 Å². The van der Waals surface area contributed by atoms with Gasteiger partial charge < -0.3 is 15.2 Å². The second-order valence-electron chi connectivity index (χ2n) is 5.62. The van der Waals surface area contributed by atoms with Crippen LogP contribution in [0.5, 0.6) is 0 Å². The smallest absolute Gasteiger partial charge is 0.356 e. The average molecular weight is 309 g/mol. The fraction of sp³-hybridized carbons (Fsp3) is 0.667. The molecule has 22 heavy (non-hydrogen) atoms. The van der Waals surface area contributed by atoms with Crippen LogP contribution in [0.1, 0.15) is 34.1 Å². The minimum atomic E-state index is -1.15. The predicted octanol–water partition coefficient (Wildman–Crippen LogP) is 0.590. The number of hydrogen-bond donors (Lipinski definition) is 1. The lowest BCUT2D eigenvalue weighted by atomic mass is 9.79. The summed E-state index contributed by atoms with van der Waals surface area (Å²) in [5, 5.41) is 5.87. The molecule has 0 aromatic heterocycles. The molecule has 0 saturated heterocycles. The minimum Gasteiger partial charge on any atom is -0.464 e. The van der Waals surface area contributed by atoms with Crippen LogP contribution in [0, 0.1) is 0 Å². The van der Waals surface area contributed by atoms with Crippen molar-refractivity contribution in [3.63, 3.8) is 0 Å². The molecule has 0 saturated carbocycles. The molecule has 0 radical (unpaired) electrons. The maximum Gasteiger partial charge on any atom is 0.356 e. The molecule has 0 amide bonds. The van der Waals surface area contributed by atoms with Crippen molar-refractivity contribution in [3.05, 3.63) is 11.1 Å². The summed E-state index contributed by atoms with van der Waals surface area (Å²) >= 11 is 0. The Morgan fingerprint density at radius 2 is 1.91 bits per heavy atom. The summed E-state index contributed by atoms with van der Waals surface area (Å²) in [7, 11) is 0. The molecule has 2 aliphatic heterocycles. The Morgan fingerprint density at radius 1 is 1.27 bits per heavy atom. The highest BCUT2D eigenvalue weighted by molar-refractivity contribution is 6.40. The lowest BCUT2D eigenvalue weighted by Crippen LogP contribution is -2.64. The van der Waals surface area contributed by atoms with Crippen LogP contribution in [-0.2, 0) is 19.1 Å². The fourth-order valence-corrected chi connectivity index (χ4v) is 2.89. The molecule has 2 heterocycles. The first-order chi connectivity index (χ1) is 10.4. The van der Waals surface area contributed by atoms with Gasteiger partial charge >= 0.3 is 11.9 Å². The second-order valence-corrected chi connectivity index (χ2v) is 5.62. The van der Waals surface area contributed by atoms with Gasteiger partial charge in [0.15, 0.2) is 11.3 Å². The van der Waals surface area contributed by atoms with Crippen molar-refractivity contribution in [1.29, 1.82) is 0 Å². The van der Waals surface area contributed by atoms with Crippen LogP contribution in [-0.4, -0.2) is 54.0 Å². The standard InChI is InChI=1S/C15H23N3O4/c1-5-21-13(19)11-12(16)15(14(20)22-6-2)7-9(3)10(4)8-18(15)17-11/h12H,5-8,16H2,1-4H3. The van der Waals surface area contributed by atoms with Gasteiger partial charge in [-0.3, -0.25) is 5.01 Å². The minimum absolute atomic E-state index is 0.0809. The van der Waals surface area contributed by atoms with Gasteiger partial charge in [0.05, 0.1) is 25.8 Å². The molecule has 0 aromatic rings. The molecule has 7 heteroatoms. The number of nitrogens with zero attached hydrogens (tertiary/aromatic N) is 2. The predicted molar refractivity (Wildman–Crippen MR) is 81.1 cm³/mol. The van der Waals surface area contributed by atoms with Crippen molar-refractivity contribution in [2.45, 2.75) is 45.7 Å². The van der Waals surface area contributed by atoms with E-state index in [1.54, 1.807) is 18.9 Å². The van der Waals surface area contributed by atoms with E-state index in [-0.39, 0.29) is 18.9 Å². The van der Waals surface area contributed by atoms with Gasteiger partial charge in [0.1, 0.15) is 0 Å². The van der Waals surface area contributed by atoms with E-state index in [1.807, 2.05) is 13.8 Å². The highest BCUT2D eigenvalue weighted by atomic mass is 16.5. The van der Waals surface area contributed by atoms with Gasteiger partial charge in [0.2, 0.25) is 0 Å². The molecule has 2 rings (SSSR count). The van der Waals surface area contributed by atoms with E-state index >= 15 is 0 Å². The zero-order chi connectivity index (χ0) is 16.5. The van der Waals surface area contributed by atoms with Gasteiger partial charge in [-0.1, -0.05) is 11.1 Å². The molecular weight excluding hydrogens is 286 g/mol. The number of esters is 2. The lowest BCUT2D eigenvalue weighted by molar-refractivity contribution is -0.157. The van der Waals surface area contributed by atoms with Crippen LogP contribution in [0.4, 0.5) is 0 Å². The number of hydrazone groups is 1. The van der Waals surface area contributed by atoms with E-state index in [0.717, 1.165) is 11.1 Å². The van der Waals surface area contributed by atoms with Crippen LogP contribution in [0.2, 0.25) is 0 Å². The molecule has 2 unspecified atom stereocenters. The first-order valence-corrected chi connectivity index (χ1v) is 7.49. The Labute approximate surface area is 130 Å². The van der Waals surface area contributed by atoms with Crippen LogP contribution in [0.15, 0.2) is 16.2 Å². The fourth-order valence-electron chi connectivity index (χ4n) is 2.89.